The van der Waals surface area contributed by atoms with Crippen LogP contribution in [-0.2, 0) is 11.8 Å². The number of rotatable bonds is 5. The summed E-state index contributed by atoms with van der Waals surface area (Å²) in [6, 6.07) is 11.4. The van der Waals surface area contributed by atoms with E-state index in [9.17, 15) is 4.79 Å². The van der Waals surface area contributed by atoms with Crippen molar-refractivity contribution in [2.45, 2.75) is 0 Å². The van der Waals surface area contributed by atoms with Crippen molar-refractivity contribution in [2.75, 3.05) is 43.6 Å². The van der Waals surface area contributed by atoms with Crippen LogP contribution < -0.4 is 15.0 Å². The van der Waals surface area contributed by atoms with Gasteiger partial charge in [0.25, 0.3) is 5.91 Å². The number of amides is 1. The minimum absolute atomic E-state index is 0.283. The number of morpholine rings is 1. The van der Waals surface area contributed by atoms with Crippen LogP contribution in [0.5, 0.6) is 5.88 Å². The molecular weight excluding hydrogens is 372 g/mol. The summed E-state index contributed by atoms with van der Waals surface area (Å²) < 4.78 is 12.1. The zero-order valence-corrected chi connectivity index (χ0v) is 16.3. The van der Waals surface area contributed by atoms with E-state index in [0.717, 1.165) is 30.2 Å². The number of carbonyl (C=O) groups is 1. The third-order valence-corrected chi connectivity index (χ3v) is 4.63. The number of hydrogen-bond acceptors (Lipinski definition) is 7. The van der Waals surface area contributed by atoms with Crippen molar-refractivity contribution in [2.24, 2.45) is 7.05 Å². The average Bonchev–Trinajstić information content (AvgIpc) is 3.16. The lowest BCUT2D eigenvalue weighted by atomic mass is 10.1. The smallest absolute Gasteiger partial charge is 0.262 e. The van der Waals surface area contributed by atoms with Gasteiger partial charge < -0.3 is 19.7 Å². The molecule has 1 aliphatic heterocycles. The Labute approximate surface area is 168 Å². The number of carbonyl (C=O) groups excluding carboxylic acids is 1. The number of nitrogens with one attached hydrogen (secondary N) is 1. The SMILES string of the molecule is COc1nn(C)cc1C(=O)Nc1cccc(-c2ccc(N3CCOCC3)nn2)c1. The molecular formula is C20H22N6O3. The van der Waals surface area contributed by atoms with E-state index in [4.69, 9.17) is 9.47 Å². The van der Waals surface area contributed by atoms with E-state index in [0.29, 0.717) is 24.5 Å². The fourth-order valence-electron chi connectivity index (χ4n) is 3.17. The van der Waals surface area contributed by atoms with Crippen LogP contribution in [-0.4, -0.2) is 59.3 Å². The van der Waals surface area contributed by atoms with E-state index in [-0.39, 0.29) is 11.8 Å². The van der Waals surface area contributed by atoms with Crippen LogP contribution in [0.3, 0.4) is 0 Å². The average molecular weight is 394 g/mol. The van der Waals surface area contributed by atoms with Crippen molar-refractivity contribution in [1.82, 2.24) is 20.0 Å². The molecule has 2 aromatic heterocycles. The van der Waals surface area contributed by atoms with Crippen LogP contribution in [0.2, 0.25) is 0 Å². The Bertz CT molecular complexity index is 996. The zero-order chi connectivity index (χ0) is 20.2. The van der Waals surface area contributed by atoms with E-state index in [2.05, 4.69) is 25.5 Å². The molecule has 1 aliphatic rings. The second-order valence-electron chi connectivity index (χ2n) is 6.64. The van der Waals surface area contributed by atoms with Crippen molar-refractivity contribution in [1.29, 1.82) is 0 Å². The van der Waals surface area contributed by atoms with Crippen molar-refractivity contribution < 1.29 is 14.3 Å². The van der Waals surface area contributed by atoms with Gasteiger partial charge in [-0.3, -0.25) is 9.48 Å². The Morgan fingerprint density at radius 3 is 2.72 bits per heavy atom. The van der Waals surface area contributed by atoms with Gasteiger partial charge in [-0.15, -0.1) is 15.3 Å². The van der Waals surface area contributed by atoms with Gasteiger partial charge in [0.2, 0.25) is 5.88 Å². The van der Waals surface area contributed by atoms with E-state index in [1.54, 1.807) is 13.2 Å². The maximum Gasteiger partial charge on any atom is 0.262 e. The number of ether oxygens (including phenoxy) is 2. The molecule has 1 aromatic carbocycles. The predicted molar refractivity (Wildman–Crippen MR) is 108 cm³/mol. The van der Waals surface area contributed by atoms with Crippen molar-refractivity contribution >= 4 is 17.4 Å². The number of aryl methyl sites for hydroxylation is 1. The monoisotopic (exact) mass is 394 g/mol. The first-order chi connectivity index (χ1) is 14.1. The van der Waals surface area contributed by atoms with Gasteiger partial charge in [-0.05, 0) is 24.3 Å². The Hall–Kier alpha value is -3.46. The molecule has 1 amide bonds. The Balaban J connectivity index is 1.50. The number of methoxy groups -OCH3 is 1. The maximum absolute atomic E-state index is 12.6. The molecule has 0 spiro atoms. The number of nitrogens with zero attached hydrogens (tertiary/aromatic N) is 5. The lowest BCUT2D eigenvalue weighted by Gasteiger charge is -2.27. The van der Waals surface area contributed by atoms with E-state index >= 15 is 0 Å². The fourth-order valence-corrected chi connectivity index (χ4v) is 3.17. The molecule has 3 heterocycles. The molecule has 9 nitrogen and oxygen atoms in total. The first-order valence-electron chi connectivity index (χ1n) is 9.30. The molecule has 1 saturated heterocycles. The number of hydrogen-bond donors (Lipinski definition) is 1. The second kappa shape index (κ2) is 8.27. The largest absolute Gasteiger partial charge is 0.479 e. The molecule has 0 atom stereocenters. The van der Waals surface area contributed by atoms with Crippen LogP contribution in [0, 0.1) is 0 Å². The van der Waals surface area contributed by atoms with Crippen LogP contribution in [0.25, 0.3) is 11.3 Å². The number of aromatic nitrogens is 4. The third-order valence-electron chi connectivity index (χ3n) is 4.63. The Kier molecular flexibility index (Phi) is 5.39. The molecule has 0 aliphatic carbocycles. The Morgan fingerprint density at radius 1 is 1.17 bits per heavy atom. The zero-order valence-electron chi connectivity index (χ0n) is 16.3. The Morgan fingerprint density at radius 2 is 2.00 bits per heavy atom. The van der Waals surface area contributed by atoms with Crippen LogP contribution >= 0.6 is 0 Å². The highest BCUT2D eigenvalue weighted by molar-refractivity contribution is 6.05. The number of benzene rings is 1. The molecule has 0 saturated carbocycles. The highest BCUT2D eigenvalue weighted by atomic mass is 16.5. The first-order valence-corrected chi connectivity index (χ1v) is 9.30. The summed E-state index contributed by atoms with van der Waals surface area (Å²) in [6.07, 6.45) is 1.62. The van der Waals surface area contributed by atoms with Gasteiger partial charge in [0, 0.05) is 37.6 Å². The van der Waals surface area contributed by atoms with Gasteiger partial charge >= 0.3 is 0 Å². The molecule has 0 radical (unpaired) electrons. The van der Waals surface area contributed by atoms with E-state index in [1.165, 1.54) is 11.8 Å². The molecule has 0 bridgehead atoms. The summed E-state index contributed by atoms with van der Waals surface area (Å²) >= 11 is 0. The summed E-state index contributed by atoms with van der Waals surface area (Å²) in [5.41, 5.74) is 2.62. The third kappa shape index (κ3) is 4.19. The molecule has 9 heteroatoms. The van der Waals surface area contributed by atoms with Gasteiger partial charge in [-0.25, -0.2) is 0 Å². The predicted octanol–water partition coefficient (Wildman–Crippen LogP) is 1.97. The summed E-state index contributed by atoms with van der Waals surface area (Å²) in [4.78, 5) is 14.7. The molecule has 29 heavy (non-hydrogen) atoms. The van der Waals surface area contributed by atoms with E-state index in [1.807, 2.05) is 36.4 Å². The van der Waals surface area contributed by atoms with Gasteiger partial charge in [-0.1, -0.05) is 12.1 Å². The standard InChI is InChI=1S/C20H22N6O3/c1-25-13-16(20(24-25)28-2)19(27)21-15-5-3-4-14(12-15)17-6-7-18(23-22-17)26-8-10-29-11-9-26/h3-7,12-13H,8-11H2,1-2H3,(H,21,27). The highest BCUT2D eigenvalue weighted by Crippen LogP contribution is 2.23. The van der Waals surface area contributed by atoms with Gasteiger partial charge in [-0.2, -0.15) is 0 Å². The lowest BCUT2D eigenvalue weighted by molar-refractivity contribution is 0.102. The van der Waals surface area contributed by atoms with Gasteiger partial charge in [0.1, 0.15) is 5.56 Å². The van der Waals surface area contributed by atoms with Crippen LogP contribution in [0.4, 0.5) is 11.5 Å². The first kappa shape index (κ1) is 18.9. The minimum atomic E-state index is -0.291. The summed E-state index contributed by atoms with van der Waals surface area (Å²) in [5.74, 6) is 0.830. The normalized spacial score (nSPS) is 13.9. The topological polar surface area (TPSA) is 94.4 Å². The van der Waals surface area contributed by atoms with Crippen molar-refractivity contribution in [3.63, 3.8) is 0 Å². The summed E-state index contributed by atoms with van der Waals surface area (Å²) in [7, 11) is 3.22. The van der Waals surface area contributed by atoms with Crippen LogP contribution in [0.1, 0.15) is 10.4 Å². The van der Waals surface area contributed by atoms with Gasteiger partial charge in [0.05, 0.1) is 26.0 Å². The molecule has 0 unspecified atom stereocenters. The maximum atomic E-state index is 12.6. The second-order valence-corrected chi connectivity index (χ2v) is 6.64. The summed E-state index contributed by atoms with van der Waals surface area (Å²) in [6.45, 7) is 3.03. The minimum Gasteiger partial charge on any atom is -0.479 e. The summed E-state index contributed by atoms with van der Waals surface area (Å²) in [5, 5.41) is 15.7. The fraction of sp³-hybridized carbons (Fsp3) is 0.300. The molecule has 150 valence electrons. The molecule has 1 N–H and O–H groups in total. The lowest BCUT2D eigenvalue weighted by Crippen LogP contribution is -2.36. The molecule has 3 aromatic rings. The van der Waals surface area contributed by atoms with Gasteiger partial charge in [0.15, 0.2) is 5.82 Å². The quantitative estimate of drug-likeness (QED) is 0.707. The molecule has 4 rings (SSSR count). The highest BCUT2D eigenvalue weighted by Gasteiger charge is 2.17. The van der Waals surface area contributed by atoms with Crippen molar-refractivity contribution in [3.05, 3.63) is 48.2 Å². The number of anilines is 2. The molecule has 1 fully saturated rings. The van der Waals surface area contributed by atoms with Crippen molar-refractivity contribution in [3.8, 4) is 17.1 Å². The van der Waals surface area contributed by atoms with Crippen LogP contribution in [0.15, 0.2) is 42.6 Å². The van der Waals surface area contributed by atoms with E-state index < -0.39 is 0 Å².